The number of carbonyl (C=O) groups is 1. The SMILES string of the molecule is Cc1ccn(CC2CCCO2)c(=O)c1C(=O)N1CCc2nc(C)n(C)c(=O)c2CC1. The van der Waals surface area contributed by atoms with Crippen molar-refractivity contribution in [3.63, 3.8) is 0 Å². The lowest BCUT2D eigenvalue weighted by molar-refractivity contribution is 0.0756. The summed E-state index contributed by atoms with van der Waals surface area (Å²) < 4.78 is 8.78. The average molecular weight is 412 g/mol. The van der Waals surface area contributed by atoms with Gasteiger partial charge in [-0.1, -0.05) is 0 Å². The Morgan fingerprint density at radius 2 is 1.97 bits per heavy atom. The van der Waals surface area contributed by atoms with Crippen molar-refractivity contribution in [1.82, 2.24) is 19.0 Å². The molecule has 0 N–H and O–H groups in total. The number of rotatable bonds is 3. The van der Waals surface area contributed by atoms with Gasteiger partial charge in [0.25, 0.3) is 17.0 Å². The Labute approximate surface area is 175 Å². The summed E-state index contributed by atoms with van der Waals surface area (Å²) in [5.74, 6) is 0.384. The standard InChI is InChI=1S/C22H28N4O4/c1-14-6-9-26(13-16-5-4-12-30-16)22(29)19(14)21(28)25-10-7-17-18(8-11-25)23-15(2)24(3)20(17)27/h6,9,16H,4-5,7-8,10-13H2,1-3H3. The minimum absolute atomic E-state index is 0.0200. The molecule has 1 atom stereocenters. The maximum absolute atomic E-state index is 13.3. The predicted molar refractivity (Wildman–Crippen MR) is 112 cm³/mol. The fourth-order valence-electron chi connectivity index (χ4n) is 4.31. The van der Waals surface area contributed by atoms with E-state index < -0.39 is 0 Å². The van der Waals surface area contributed by atoms with Crippen LogP contribution in [0.4, 0.5) is 0 Å². The lowest BCUT2D eigenvalue weighted by Gasteiger charge is -2.21. The highest BCUT2D eigenvalue weighted by Crippen LogP contribution is 2.16. The van der Waals surface area contributed by atoms with E-state index in [4.69, 9.17) is 4.74 Å². The highest BCUT2D eigenvalue weighted by molar-refractivity contribution is 5.95. The molecule has 0 aromatic carbocycles. The van der Waals surface area contributed by atoms with Crippen molar-refractivity contribution in [3.05, 3.63) is 61.2 Å². The van der Waals surface area contributed by atoms with Crippen LogP contribution in [0.1, 0.15) is 45.8 Å². The largest absolute Gasteiger partial charge is 0.376 e. The Hall–Kier alpha value is -2.74. The first-order chi connectivity index (χ1) is 14.4. The van der Waals surface area contributed by atoms with E-state index in [1.807, 2.05) is 6.07 Å². The van der Waals surface area contributed by atoms with Crippen LogP contribution in [0.3, 0.4) is 0 Å². The number of carbonyl (C=O) groups excluding carboxylic acids is 1. The Morgan fingerprint density at radius 3 is 2.70 bits per heavy atom. The Kier molecular flexibility index (Phi) is 5.60. The normalized spacial score (nSPS) is 18.9. The van der Waals surface area contributed by atoms with Gasteiger partial charge >= 0.3 is 0 Å². The van der Waals surface area contributed by atoms with Crippen LogP contribution in [-0.2, 0) is 31.2 Å². The van der Waals surface area contributed by atoms with E-state index in [0.717, 1.165) is 25.1 Å². The molecule has 2 aliphatic rings. The quantitative estimate of drug-likeness (QED) is 0.750. The molecule has 2 aromatic heterocycles. The summed E-state index contributed by atoms with van der Waals surface area (Å²) in [5.41, 5.74) is 1.97. The molecule has 1 amide bonds. The van der Waals surface area contributed by atoms with Crippen LogP contribution in [0.15, 0.2) is 21.9 Å². The molecule has 2 aliphatic heterocycles. The van der Waals surface area contributed by atoms with E-state index in [-0.39, 0.29) is 28.7 Å². The van der Waals surface area contributed by atoms with Gasteiger partial charge < -0.3 is 14.2 Å². The molecule has 4 rings (SSSR count). The van der Waals surface area contributed by atoms with Crippen molar-refractivity contribution < 1.29 is 9.53 Å². The van der Waals surface area contributed by atoms with Crippen LogP contribution < -0.4 is 11.1 Å². The molecule has 0 bridgehead atoms. The van der Waals surface area contributed by atoms with Crippen LogP contribution in [0.5, 0.6) is 0 Å². The molecule has 8 nitrogen and oxygen atoms in total. The summed E-state index contributed by atoms with van der Waals surface area (Å²) in [7, 11) is 1.71. The van der Waals surface area contributed by atoms with Gasteiger partial charge in [0.1, 0.15) is 11.4 Å². The van der Waals surface area contributed by atoms with Crippen molar-refractivity contribution in [3.8, 4) is 0 Å². The summed E-state index contributed by atoms with van der Waals surface area (Å²) in [4.78, 5) is 45.3. The zero-order valence-electron chi connectivity index (χ0n) is 17.8. The molecule has 160 valence electrons. The maximum atomic E-state index is 13.3. The summed E-state index contributed by atoms with van der Waals surface area (Å²) in [6.07, 6.45) is 4.63. The summed E-state index contributed by atoms with van der Waals surface area (Å²) in [5, 5.41) is 0. The molecular weight excluding hydrogens is 384 g/mol. The zero-order chi connectivity index (χ0) is 21.4. The van der Waals surface area contributed by atoms with Crippen LogP contribution in [0.2, 0.25) is 0 Å². The highest BCUT2D eigenvalue weighted by Gasteiger charge is 2.27. The fraction of sp³-hybridized carbons (Fsp3) is 0.545. The molecule has 0 saturated carbocycles. The van der Waals surface area contributed by atoms with Crippen LogP contribution in [0.25, 0.3) is 0 Å². The second-order valence-electron chi connectivity index (χ2n) is 8.21. The van der Waals surface area contributed by atoms with E-state index in [1.54, 1.807) is 41.1 Å². The first-order valence-electron chi connectivity index (χ1n) is 10.5. The van der Waals surface area contributed by atoms with Gasteiger partial charge in [0.05, 0.1) is 18.3 Å². The molecule has 4 heterocycles. The fourth-order valence-corrected chi connectivity index (χ4v) is 4.31. The molecule has 0 radical (unpaired) electrons. The number of aryl methyl sites for hydroxylation is 2. The van der Waals surface area contributed by atoms with Crippen LogP contribution in [-0.4, -0.2) is 50.7 Å². The number of hydrogen-bond donors (Lipinski definition) is 0. The number of nitrogens with zero attached hydrogens (tertiary/aromatic N) is 4. The third kappa shape index (κ3) is 3.71. The molecule has 1 fully saturated rings. The molecule has 0 spiro atoms. The summed E-state index contributed by atoms with van der Waals surface area (Å²) in [6, 6.07) is 1.82. The molecule has 2 aromatic rings. The van der Waals surface area contributed by atoms with Crippen molar-refractivity contribution in [1.29, 1.82) is 0 Å². The second-order valence-corrected chi connectivity index (χ2v) is 8.21. The number of aromatic nitrogens is 3. The number of hydrogen-bond acceptors (Lipinski definition) is 5. The van der Waals surface area contributed by atoms with Gasteiger partial charge in [0.2, 0.25) is 0 Å². The van der Waals surface area contributed by atoms with Gasteiger partial charge in [-0.3, -0.25) is 19.0 Å². The van der Waals surface area contributed by atoms with Gasteiger partial charge in [-0.25, -0.2) is 4.98 Å². The van der Waals surface area contributed by atoms with Crippen molar-refractivity contribution in [2.45, 2.75) is 52.2 Å². The summed E-state index contributed by atoms with van der Waals surface area (Å²) in [6.45, 7) is 5.61. The van der Waals surface area contributed by atoms with E-state index >= 15 is 0 Å². The third-order valence-corrected chi connectivity index (χ3v) is 6.24. The van der Waals surface area contributed by atoms with Gasteiger partial charge in [-0.15, -0.1) is 0 Å². The second kappa shape index (κ2) is 8.18. The molecule has 30 heavy (non-hydrogen) atoms. The predicted octanol–water partition coefficient (Wildman–Crippen LogP) is 0.979. The van der Waals surface area contributed by atoms with Crippen LogP contribution in [0, 0.1) is 13.8 Å². The van der Waals surface area contributed by atoms with Gasteiger partial charge in [0.15, 0.2) is 0 Å². The number of pyridine rings is 1. The average Bonchev–Trinajstić information content (AvgIpc) is 3.14. The van der Waals surface area contributed by atoms with Gasteiger partial charge in [-0.2, -0.15) is 0 Å². The molecule has 1 unspecified atom stereocenters. The summed E-state index contributed by atoms with van der Waals surface area (Å²) >= 11 is 0. The minimum atomic E-state index is -0.277. The van der Waals surface area contributed by atoms with Crippen LogP contribution >= 0.6 is 0 Å². The van der Waals surface area contributed by atoms with E-state index in [2.05, 4.69) is 4.98 Å². The highest BCUT2D eigenvalue weighted by atomic mass is 16.5. The van der Waals surface area contributed by atoms with E-state index in [9.17, 15) is 14.4 Å². The van der Waals surface area contributed by atoms with Gasteiger partial charge in [-0.05, 0) is 44.7 Å². The van der Waals surface area contributed by atoms with E-state index in [1.165, 1.54) is 0 Å². The van der Waals surface area contributed by atoms with Gasteiger partial charge in [0, 0.05) is 44.9 Å². The van der Waals surface area contributed by atoms with Crippen molar-refractivity contribution >= 4 is 5.91 Å². The number of fused-ring (bicyclic) bond motifs is 1. The smallest absolute Gasteiger partial charge is 0.263 e. The lowest BCUT2D eigenvalue weighted by atomic mass is 10.1. The zero-order valence-corrected chi connectivity index (χ0v) is 17.8. The molecular formula is C22H28N4O4. The first-order valence-corrected chi connectivity index (χ1v) is 10.5. The Bertz CT molecular complexity index is 1100. The third-order valence-electron chi connectivity index (χ3n) is 6.24. The Balaban J connectivity index is 1.60. The number of ether oxygens (including phenoxy) is 1. The van der Waals surface area contributed by atoms with E-state index in [0.29, 0.717) is 49.4 Å². The first kappa shape index (κ1) is 20.5. The minimum Gasteiger partial charge on any atom is -0.376 e. The molecule has 1 saturated heterocycles. The molecule has 8 heteroatoms. The monoisotopic (exact) mass is 412 g/mol. The Morgan fingerprint density at radius 1 is 1.20 bits per heavy atom. The lowest BCUT2D eigenvalue weighted by Crippen LogP contribution is -2.39. The number of amides is 1. The molecule has 0 aliphatic carbocycles. The topological polar surface area (TPSA) is 86.4 Å². The van der Waals surface area contributed by atoms with Crippen molar-refractivity contribution in [2.24, 2.45) is 7.05 Å². The van der Waals surface area contributed by atoms with Crippen molar-refractivity contribution in [2.75, 3.05) is 19.7 Å². The maximum Gasteiger partial charge on any atom is 0.263 e.